The summed E-state index contributed by atoms with van der Waals surface area (Å²) in [5.41, 5.74) is 0.513. The second-order valence-electron chi connectivity index (χ2n) is 9.43. The van der Waals surface area contributed by atoms with Crippen molar-refractivity contribution in [2.45, 2.75) is 57.2 Å². The fraction of sp³-hybridized carbons (Fsp3) is 0.696. The number of hydrogen-bond acceptors (Lipinski definition) is 5. The Balaban J connectivity index is 1.61. The molecule has 3 rings (SSSR count). The van der Waals surface area contributed by atoms with Crippen LogP contribution in [0.2, 0.25) is 0 Å². The quantitative estimate of drug-likeness (QED) is 0.733. The molecule has 0 radical (unpaired) electrons. The summed E-state index contributed by atoms with van der Waals surface area (Å²) in [6.07, 6.45) is 1.74. The highest BCUT2D eigenvalue weighted by Crippen LogP contribution is 2.27. The van der Waals surface area contributed by atoms with Crippen molar-refractivity contribution >= 4 is 6.09 Å². The fourth-order valence-corrected chi connectivity index (χ4v) is 4.19. The van der Waals surface area contributed by atoms with Gasteiger partial charge < -0.3 is 19.7 Å². The van der Waals surface area contributed by atoms with Gasteiger partial charge in [-0.05, 0) is 57.9 Å². The number of likely N-dealkylation sites (tertiary alicyclic amines) is 1. The monoisotopic (exact) mass is 421 g/mol. The molecule has 0 aromatic heterocycles. The van der Waals surface area contributed by atoms with Crippen LogP contribution in [0.25, 0.3) is 0 Å². The molecule has 3 atom stereocenters. The van der Waals surface area contributed by atoms with Crippen molar-refractivity contribution in [3.8, 4) is 0 Å². The Bertz CT molecular complexity index is 686. The Morgan fingerprint density at radius 2 is 2.10 bits per heavy atom. The lowest BCUT2D eigenvalue weighted by molar-refractivity contribution is -0.00680. The Morgan fingerprint density at radius 3 is 2.67 bits per heavy atom. The van der Waals surface area contributed by atoms with E-state index in [1.54, 1.807) is 11.9 Å². The maximum Gasteiger partial charge on any atom is 0.410 e. The predicted molar refractivity (Wildman–Crippen MR) is 115 cm³/mol. The van der Waals surface area contributed by atoms with Gasteiger partial charge in [0.25, 0.3) is 0 Å². The molecular formula is C23H36FN3O3. The van der Waals surface area contributed by atoms with E-state index in [0.29, 0.717) is 18.6 Å². The van der Waals surface area contributed by atoms with Crippen LogP contribution < -0.4 is 5.32 Å². The van der Waals surface area contributed by atoms with E-state index < -0.39 is 5.60 Å². The van der Waals surface area contributed by atoms with Gasteiger partial charge in [-0.3, -0.25) is 4.90 Å². The van der Waals surface area contributed by atoms with Gasteiger partial charge in [-0.2, -0.15) is 0 Å². The first-order valence-corrected chi connectivity index (χ1v) is 11.0. The number of morpholine rings is 1. The lowest BCUT2D eigenvalue weighted by Gasteiger charge is -2.47. The van der Waals surface area contributed by atoms with E-state index in [1.165, 1.54) is 18.6 Å². The van der Waals surface area contributed by atoms with Crippen LogP contribution in [0.15, 0.2) is 24.3 Å². The van der Waals surface area contributed by atoms with E-state index in [1.807, 2.05) is 32.9 Å². The minimum absolute atomic E-state index is 0.111. The van der Waals surface area contributed by atoms with E-state index in [0.717, 1.165) is 44.8 Å². The summed E-state index contributed by atoms with van der Waals surface area (Å²) in [5.74, 6) is -0.135. The van der Waals surface area contributed by atoms with Crippen molar-refractivity contribution in [3.63, 3.8) is 0 Å². The molecule has 168 valence electrons. The molecule has 1 N–H and O–H groups in total. The van der Waals surface area contributed by atoms with Crippen LogP contribution >= 0.6 is 0 Å². The highest BCUT2D eigenvalue weighted by molar-refractivity contribution is 5.67. The van der Waals surface area contributed by atoms with Gasteiger partial charge in [-0.25, -0.2) is 9.18 Å². The average Bonchev–Trinajstić information content (AvgIpc) is 2.66. The molecule has 7 heteroatoms. The zero-order chi connectivity index (χ0) is 21.7. The van der Waals surface area contributed by atoms with E-state index in [4.69, 9.17) is 9.47 Å². The van der Waals surface area contributed by atoms with Crippen LogP contribution in [0, 0.1) is 5.82 Å². The number of carbonyl (C=O) groups excluding carboxylic acids is 1. The summed E-state index contributed by atoms with van der Waals surface area (Å²) in [6, 6.07) is 7.53. The van der Waals surface area contributed by atoms with Crippen LogP contribution in [-0.4, -0.2) is 80.0 Å². The Morgan fingerprint density at radius 1 is 1.37 bits per heavy atom. The lowest BCUT2D eigenvalue weighted by Crippen LogP contribution is -2.62. The summed E-state index contributed by atoms with van der Waals surface area (Å²) < 4.78 is 24.6. The van der Waals surface area contributed by atoms with E-state index in [9.17, 15) is 9.18 Å². The molecular weight excluding hydrogens is 385 g/mol. The maximum absolute atomic E-state index is 13.4. The third kappa shape index (κ3) is 6.40. The van der Waals surface area contributed by atoms with Crippen LogP contribution in [0.4, 0.5) is 9.18 Å². The molecule has 2 aliphatic heterocycles. The van der Waals surface area contributed by atoms with Crippen LogP contribution in [0.5, 0.6) is 0 Å². The molecule has 0 spiro atoms. The third-order valence-electron chi connectivity index (χ3n) is 5.90. The number of rotatable bonds is 7. The summed E-state index contributed by atoms with van der Waals surface area (Å²) in [7, 11) is 1.76. The molecule has 1 aromatic carbocycles. The standard InChI is InChI=1S/C23H36FN3O3/c1-23(2,3)30-22(28)26(4)15-18(17-5-7-19(24)8-6-17)9-12-27-13-10-21(27)20-16-29-14-11-25-20/h5-8,18,20-21,25H,9-16H2,1-4H3/t18-,20?,21?/m1/s1. The van der Waals surface area contributed by atoms with Crippen molar-refractivity contribution in [1.82, 2.24) is 15.1 Å². The molecule has 30 heavy (non-hydrogen) atoms. The zero-order valence-corrected chi connectivity index (χ0v) is 18.7. The van der Waals surface area contributed by atoms with Crippen LogP contribution in [-0.2, 0) is 9.47 Å². The highest BCUT2D eigenvalue weighted by atomic mass is 19.1. The number of nitrogens with one attached hydrogen (secondary N) is 1. The SMILES string of the molecule is CN(C[C@@H](CCN1CCC1C1COCCN1)c1ccc(F)cc1)C(=O)OC(C)(C)C. The van der Waals surface area contributed by atoms with Gasteiger partial charge in [0.15, 0.2) is 0 Å². The van der Waals surface area contributed by atoms with Gasteiger partial charge in [0.2, 0.25) is 0 Å². The first-order chi connectivity index (χ1) is 14.2. The van der Waals surface area contributed by atoms with Crippen molar-refractivity contribution < 1.29 is 18.7 Å². The first-order valence-electron chi connectivity index (χ1n) is 11.0. The number of amides is 1. The molecule has 1 amide bonds. The fourth-order valence-electron chi connectivity index (χ4n) is 4.19. The molecule has 2 aliphatic rings. The largest absolute Gasteiger partial charge is 0.444 e. The smallest absolute Gasteiger partial charge is 0.410 e. The van der Waals surface area contributed by atoms with Gasteiger partial charge in [-0.15, -0.1) is 0 Å². The molecule has 0 bridgehead atoms. The van der Waals surface area contributed by atoms with Crippen molar-refractivity contribution in [3.05, 3.63) is 35.6 Å². The second-order valence-corrected chi connectivity index (χ2v) is 9.43. The normalized spacial score (nSPS) is 23.5. The highest BCUT2D eigenvalue weighted by Gasteiger charge is 2.36. The van der Waals surface area contributed by atoms with Gasteiger partial charge in [-0.1, -0.05) is 12.1 Å². The molecule has 2 unspecified atom stereocenters. The number of nitrogens with zero attached hydrogens (tertiary/aromatic N) is 2. The topological polar surface area (TPSA) is 54.0 Å². The van der Waals surface area contributed by atoms with Gasteiger partial charge in [0.1, 0.15) is 11.4 Å². The van der Waals surface area contributed by atoms with Gasteiger partial charge >= 0.3 is 6.09 Å². The van der Waals surface area contributed by atoms with Gasteiger partial charge in [0, 0.05) is 44.7 Å². The zero-order valence-electron chi connectivity index (χ0n) is 18.7. The number of ether oxygens (including phenoxy) is 2. The average molecular weight is 422 g/mol. The number of likely N-dealkylation sites (N-methyl/N-ethyl adjacent to an activating group) is 1. The summed E-state index contributed by atoms with van der Waals surface area (Å²) in [4.78, 5) is 16.6. The van der Waals surface area contributed by atoms with E-state index in [-0.39, 0.29) is 17.8 Å². The first kappa shape index (κ1) is 23.0. The number of halogens is 1. The summed E-state index contributed by atoms with van der Waals surface area (Å²) in [5, 5.41) is 3.57. The van der Waals surface area contributed by atoms with Crippen LogP contribution in [0.1, 0.15) is 45.1 Å². The molecule has 2 fully saturated rings. The minimum Gasteiger partial charge on any atom is -0.444 e. The molecule has 2 saturated heterocycles. The number of hydrogen-bond donors (Lipinski definition) is 1. The Labute approximate surface area is 179 Å². The third-order valence-corrected chi connectivity index (χ3v) is 5.90. The molecule has 0 saturated carbocycles. The second kappa shape index (κ2) is 10.1. The minimum atomic E-state index is -0.531. The lowest BCUT2D eigenvalue weighted by atomic mass is 9.91. The summed E-state index contributed by atoms with van der Waals surface area (Å²) in [6.45, 7) is 10.6. The van der Waals surface area contributed by atoms with Crippen molar-refractivity contribution in [1.29, 1.82) is 0 Å². The van der Waals surface area contributed by atoms with Crippen molar-refractivity contribution in [2.24, 2.45) is 0 Å². The number of benzene rings is 1. The number of carbonyl (C=O) groups is 1. The predicted octanol–water partition coefficient (Wildman–Crippen LogP) is 3.23. The van der Waals surface area contributed by atoms with E-state index >= 15 is 0 Å². The molecule has 2 heterocycles. The Hall–Kier alpha value is -1.70. The molecule has 6 nitrogen and oxygen atoms in total. The van der Waals surface area contributed by atoms with Gasteiger partial charge in [0.05, 0.1) is 13.2 Å². The summed E-state index contributed by atoms with van der Waals surface area (Å²) >= 11 is 0. The maximum atomic E-state index is 13.4. The van der Waals surface area contributed by atoms with Crippen LogP contribution in [0.3, 0.4) is 0 Å². The molecule has 1 aromatic rings. The van der Waals surface area contributed by atoms with Crippen molar-refractivity contribution in [2.75, 3.05) is 46.4 Å². The molecule has 0 aliphatic carbocycles. The van der Waals surface area contributed by atoms with E-state index in [2.05, 4.69) is 10.2 Å². The Kier molecular flexibility index (Phi) is 7.71.